The Balaban J connectivity index is 3.00. The van der Waals surface area contributed by atoms with Crippen molar-refractivity contribution in [2.24, 2.45) is 0 Å². The van der Waals surface area contributed by atoms with Gasteiger partial charge in [-0.05, 0) is 18.2 Å². The molecule has 1 N–H and O–H groups in total. The highest BCUT2D eigenvalue weighted by molar-refractivity contribution is 6.41. The molecule has 0 atom stereocenters. The van der Waals surface area contributed by atoms with Crippen LogP contribution < -0.4 is 10.5 Å². The van der Waals surface area contributed by atoms with E-state index in [1.54, 1.807) is 0 Å². The Labute approximate surface area is 75.2 Å². The van der Waals surface area contributed by atoms with Crippen LogP contribution in [0.25, 0.3) is 0 Å². The molecule has 0 saturated heterocycles. The van der Waals surface area contributed by atoms with Gasteiger partial charge in [0.2, 0.25) is 0 Å². The summed E-state index contributed by atoms with van der Waals surface area (Å²) in [6.45, 7) is 3.00. The van der Waals surface area contributed by atoms with E-state index < -0.39 is 0 Å². The van der Waals surface area contributed by atoms with Gasteiger partial charge in [-0.2, -0.15) is 0 Å². The zero-order chi connectivity index (χ0) is 8.27. The SMILES string of the molecule is CCNc1c([SiH3])cccc1Cl. The van der Waals surface area contributed by atoms with Crippen molar-refractivity contribution in [3.63, 3.8) is 0 Å². The third-order valence-electron chi connectivity index (χ3n) is 1.58. The molecule has 0 aliphatic rings. The molecule has 0 aliphatic heterocycles. The maximum Gasteiger partial charge on any atom is 0.0635 e. The van der Waals surface area contributed by atoms with Gasteiger partial charge in [-0.1, -0.05) is 23.7 Å². The summed E-state index contributed by atoms with van der Waals surface area (Å²) in [5, 5.41) is 5.41. The molecule has 0 aromatic heterocycles. The second-order valence-electron chi connectivity index (χ2n) is 2.46. The van der Waals surface area contributed by atoms with Crippen LogP contribution in [0.1, 0.15) is 6.92 Å². The predicted molar refractivity (Wildman–Crippen MR) is 55.2 cm³/mol. The van der Waals surface area contributed by atoms with Crippen LogP contribution in [-0.2, 0) is 0 Å². The topological polar surface area (TPSA) is 12.0 Å². The van der Waals surface area contributed by atoms with E-state index in [-0.39, 0.29) is 0 Å². The van der Waals surface area contributed by atoms with Crippen molar-refractivity contribution in [2.75, 3.05) is 11.9 Å². The Hall–Kier alpha value is -0.473. The summed E-state index contributed by atoms with van der Waals surface area (Å²) in [6, 6.07) is 6.02. The summed E-state index contributed by atoms with van der Waals surface area (Å²) in [5.41, 5.74) is 1.11. The zero-order valence-electron chi connectivity index (χ0n) is 6.82. The fraction of sp³-hybridized carbons (Fsp3) is 0.250. The molecule has 0 radical (unpaired) electrons. The highest BCUT2D eigenvalue weighted by atomic mass is 35.5. The Morgan fingerprint density at radius 1 is 1.55 bits per heavy atom. The molecule has 60 valence electrons. The number of anilines is 1. The van der Waals surface area contributed by atoms with Crippen LogP contribution in [0.2, 0.25) is 5.02 Å². The monoisotopic (exact) mass is 185 g/mol. The van der Waals surface area contributed by atoms with E-state index in [1.165, 1.54) is 5.19 Å². The van der Waals surface area contributed by atoms with Crippen LogP contribution in [0.4, 0.5) is 5.69 Å². The highest BCUT2D eigenvalue weighted by Crippen LogP contribution is 2.17. The number of halogens is 1. The largest absolute Gasteiger partial charge is 0.384 e. The lowest BCUT2D eigenvalue weighted by Crippen LogP contribution is -2.12. The van der Waals surface area contributed by atoms with E-state index >= 15 is 0 Å². The van der Waals surface area contributed by atoms with Crippen LogP contribution in [0.5, 0.6) is 0 Å². The van der Waals surface area contributed by atoms with Gasteiger partial charge in [-0.3, -0.25) is 0 Å². The van der Waals surface area contributed by atoms with Crippen LogP contribution in [0.15, 0.2) is 18.2 Å². The first-order chi connectivity index (χ1) is 5.25. The number of rotatable bonds is 2. The summed E-state index contributed by atoms with van der Waals surface area (Å²) in [6.07, 6.45) is 0. The van der Waals surface area contributed by atoms with Gasteiger partial charge >= 0.3 is 0 Å². The molecule has 11 heavy (non-hydrogen) atoms. The van der Waals surface area contributed by atoms with Gasteiger partial charge in [0.15, 0.2) is 0 Å². The molecule has 1 nitrogen and oxygen atoms in total. The van der Waals surface area contributed by atoms with Gasteiger partial charge in [0, 0.05) is 16.8 Å². The minimum absolute atomic E-state index is 0.833. The number of hydrogen-bond donors (Lipinski definition) is 1. The molecule has 1 aromatic rings. The van der Waals surface area contributed by atoms with Crippen LogP contribution in [0, 0.1) is 0 Å². The van der Waals surface area contributed by atoms with Gasteiger partial charge in [-0.25, -0.2) is 0 Å². The quantitative estimate of drug-likeness (QED) is 0.672. The lowest BCUT2D eigenvalue weighted by molar-refractivity contribution is 1.22. The van der Waals surface area contributed by atoms with Gasteiger partial charge in [-0.15, -0.1) is 0 Å². The van der Waals surface area contributed by atoms with Crippen molar-refractivity contribution < 1.29 is 0 Å². The minimum Gasteiger partial charge on any atom is -0.384 e. The molecule has 0 amide bonds. The van der Waals surface area contributed by atoms with Crippen molar-refractivity contribution in [3.8, 4) is 0 Å². The van der Waals surface area contributed by atoms with Crippen LogP contribution >= 0.6 is 11.6 Å². The smallest absolute Gasteiger partial charge is 0.0635 e. The summed E-state index contributed by atoms with van der Waals surface area (Å²) < 4.78 is 0. The van der Waals surface area contributed by atoms with Gasteiger partial charge in [0.05, 0.1) is 10.7 Å². The average molecular weight is 186 g/mol. The molecule has 0 heterocycles. The fourth-order valence-corrected chi connectivity index (χ4v) is 2.12. The molecule has 0 unspecified atom stereocenters. The maximum atomic E-state index is 5.97. The Morgan fingerprint density at radius 3 is 2.82 bits per heavy atom. The summed E-state index contributed by atoms with van der Waals surface area (Å²) >= 11 is 5.97. The van der Waals surface area contributed by atoms with E-state index in [0.29, 0.717) is 0 Å². The molecule has 0 spiro atoms. The first kappa shape index (κ1) is 8.62. The Bertz CT molecular complexity index is 230. The van der Waals surface area contributed by atoms with Crippen molar-refractivity contribution >= 4 is 32.7 Å². The third-order valence-corrected chi connectivity index (χ3v) is 2.72. The van der Waals surface area contributed by atoms with Crippen LogP contribution in [0.3, 0.4) is 0 Å². The number of nitrogens with one attached hydrogen (secondary N) is 1. The molecular weight excluding hydrogens is 174 g/mol. The molecule has 0 saturated carbocycles. The number of hydrogen-bond acceptors (Lipinski definition) is 1. The van der Waals surface area contributed by atoms with Gasteiger partial charge < -0.3 is 5.32 Å². The maximum absolute atomic E-state index is 5.97. The van der Waals surface area contributed by atoms with Crippen molar-refractivity contribution in [1.29, 1.82) is 0 Å². The van der Waals surface area contributed by atoms with E-state index in [4.69, 9.17) is 11.6 Å². The molecule has 0 bridgehead atoms. The Morgan fingerprint density at radius 2 is 2.27 bits per heavy atom. The van der Waals surface area contributed by atoms with E-state index in [2.05, 4.69) is 18.3 Å². The number of para-hydroxylation sites is 1. The van der Waals surface area contributed by atoms with Crippen molar-refractivity contribution in [1.82, 2.24) is 0 Å². The van der Waals surface area contributed by atoms with Crippen LogP contribution in [-0.4, -0.2) is 16.8 Å². The summed E-state index contributed by atoms with van der Waals surface area (Å²) in [7, 11) is 1.04. The normalized spacial score (nSPS) is 10.0. The molecule has 1 rings (SSSR count). The second-order valence-corrected chi connectivity index (χ2v) is 3.95. The average Bonchev–Trinajstić information content (AvgIpc) is 1.97. The summed E-state index contributed by atoms with van der Waals surface area (Å²) in [4.78, 5) is 0. The standard InChI is InChI=1S/C8H12ClNSi/c1-2-10-8-6(9)4-3-5-7(8)11/h3-5,10H,2H2,1,11H3. The Kier molecular flexibility index (Phi) is 2.97. The molecule has 0 fully saturated rings. The van der Waals surface area contributed by atoms with Gasteiger partial charge in [0.25, 0.3) is 0 Å². The predicted octanol–water partition coefficient (Wildman–Crippen LogP) is 0.762. The van der Waals surface area contributed by atoms with E-state index in [1.807, 2.05) is 12.1 Å². The second kappa shape index (κ2) is 3.79. The number of benzene rings is 1. The third kappa shape index (κ3) is 1.98. The van der Waals surface area contributed by atoms with E-state index in [9.17, 15) is 0 Å². The minimum atomic E-state index is 0.833. The molecule has 0 aliphatic carbocycles. The summed E-state index contributed by atoms with van der Waals surface area (Å²) in [5.74, 6) is 0. The van der Waals surface area contributed by atoms with Crippen molar-refractivity contribution in [2.45, 2.75) is 6.92 Å². The zero-order valence-corrected chi connectivity index (χ0v) is 9.57. The lowest BCUT2D eigenvalue weighted by Gasteiger charge is -2.08. The fourth-order valence-electron chi connectivity index (χ4n) is 1.03. The lowest BCUT2D eigenvalue weighted by atomic mass is 10.3. The molecular formula is C8H12ClNSi. The molecule has 1 aromatic carbocycles. The highest BCUT2D eigenvalue weighted by Gasteiger charge is 1.99. The first-order valence-electron chi connectivity index (χ1n) is 3.74. The van der Waals surface area contributed by atoms with Crippen molar-refractivity contribution in [3.05, 3.63) is 23.2 Å². The molecule has 3 heteroatoms. The first-order valence-corrected chi connectivity index (χ1v) is 5.12. The van der Waals surface area contributed by atoms with E-state index in [0.717, 1.165) is 27.5 Å². The van der Waals surface area contributed by atoms with Gasteiger partial charge in [0.1, 0.15) is 0 Å².